The topological polar surface area (TPSA) is 84.9 Å². The van der Waals surface area contributed by atoms with E-state index in [1.165, 1.54) is 19.2 Å². The number of ether oxygens (including phenoxy) is 2. The Bertz CT molecular complexity index is 968. The molecule has 0 radical (unpaired) electrons. The Labute approximate surface area is 162 Å². The van der Waals surface area contributed by atoms with Crippen LogP contribution in [0.1, 0.15) is 26.3 Å². The van der Waals surface area contributed by atoms with Crippen LogP contribution in [-0.2, 0) is 6.54 Å². The highest BCUT2D eigenvalue weighted by atomic mass is 16.6. The minimum Gasteiger partial charge on any atom is -0.493 e. The zero-order valence-electron chi connectivity index (χ0n) is 15.2. The summed E-state index contributed by atoms with van der Waals surface area (Å²) >= 11 is 0. The first-order valence-electron chi connectivity index (χ1n) is 8.58. The Morgan fingerprint density at radius 1 is 0.893 bits per heavy atom. The van der Waals surface area contributed by atoms with E-state index in [1.54, 1.807) is 48.5 Å². The monoisotopic (exact) mass is 377 g/mol. The number of anilines is 1. The Morgan fingerprint density at radius 2 is 1.61 bits per heavy atom. The second-order valence-corrected chi connectivity index (χ2v) is 5.98. The number of esters is 1. The molecule has 0 aliphatic carbocycles. The van der Waals surface area contributed by atoms with Crippen LogP contribution in [0, 0.1) is 0 Å². The molecule has 0 bridgehead atoms. The summed E-state index contributed by atoms with van der Waals surface area (Å²) in [7, 11) is 1.51. The first-order valence-corrected chi connectivity index (χ1v) is 8.58. The van der Waals surface area contributed by atoms with Crippen molar-refractivity contribution in [2.75, 3.05) is 12.4 Å². The number of hydrogen-bond donors (Lipinski definition) is 2. The number of carboxylic acid groups (broad SMARTS) is 1. The molecule has 0 spiro atoms. The zero-order valence-corrected chi connectivity index (χ0v) is 15.2. The number of carbonyl (C=O) groups excluding carboxylic acids is 1. The molecule has 0 aliphatic heterocycles. The third-order valence-electron chi connectivity index (χ3n) is 4.07. The summed E-state index contributed by atoms with van der Waals surface area (Å²) in [4.78, 5) is 23.1. The predicted molar refractivity (Wildman–Crippen MR) is 105 cm³/mol. The first kappa shape index (κ1) is 19.0. The van der Waals surface area contributed by atoms with Crippen LogP contribution in [0.2, 0.25) is 0 Å². The number of rotatable bonds is 7. The third-order valence-corrected chi connectivity index (χ3v) is 4.07. The summed E-state index contributed by atoms with van der Waals surface area (Å²) in [5.74, 6) is -0.629. The zero-order chi connectivity index (χ0) is 19.9. The minimum atomic E-state index is -0.961. The lowest BCUT2D eigenvalue weighted by Gasteiger charge is -2.12. The van der Waals surface area contributed by atoms with Crippen LogP contribution < -0.4 is 14.8 Å². The summed E-state index contributed by atoms with van der Waals surface area (Å²) < 4.78 is 10.8. The SMILES string of the molecule is COc1cc(CNc2ccc(C(=O)O)cc2)ccc1OC(=O)c1ccccc1. The van der Waals surface area contributed by atoms with Crippen molar-refractivity contribution in [3.05, 3.63) is 89.5 Å². The van der Waals surface area contributed by atoms with Gasteiger partial charge in [0.1, 0.15) is 0 Å². The van der Waals surface area contributed by atoms with Crippen molar-refractivity contribution >= 4 is 17.6 Å². The van der Waals surface area contributed by atoms with Gasteiger partial charge >= 0.3 is 11.9 Å². The van der Waals surface area contributed by atoms with Gasteiger partial charge in [-0.2, -0.15) is 0 Å². The molecule has 3 aromatic rings. The van der Waals surface area contributed by atoms with Crippen molar-refractivity contribution in [2.24, 2.45) is 0 Å². The molecule has 0 saturated carbocycles. The molecule has 0 unspecified atom stereocenters. The van der Waals surface area contributed by atoms with E-state index >= 15 is 0 Å². The second-order valence-electron chi connectivity index (χ2n) is 5.98. The lowest BCUT2D eigenvalue weighted by Crippen LogP contribution is -2.09. The maximum absolute atomic E-state index is 12.2. The van der Waals surface area contributed by atoms with E-state index in [9.17, 15) is 9.59 Å². The second kappa shape index (κ2) is 8.73. The van der Waals surface area contributed by atoms with Crippen LogP contribution in [0.4, 0.5) is 5.69 Å². The summed E-state index contributed by atoms with van der Waals surface area (Å²) in [5.41, 5.74) is 2.40. The maximum atomic E-state index is 12.2. The molecule has 0 saturated heterocycles. The van der Waals surface area contributed by atoms with Crippen LogP contribution >= 0.6 is 0 Å². The highest BCUT2D eigenvalue weighted by Gasteiger charge is 2.12. The van der Waals surface area contributed by atoms with Crippen LogP contribution in [0.5, 0.6) is 11.5 Å². The molecule has 3 rings (SSSR count). The van der Waals surface area contributed by atoms with Gasteiger partial charge in [0.25, 0.3) is 0 Å². The van der Waals surface area contributed by atoms with Gasteiger partial charge in [-0.3, -0.25) is 0 Å². The molecule has 0 aromatic heterocycles. The summed E-state index contributed by atoms with van der Waals surface area (Å²) in [6.45, 7) is 0.496. The van der Waals surface area contributed by atoms with Gasteiger partial charge in [-0.05, 0) is 54.1 Å². The first-order chi connectivity index (χ1) is 13.6. The number of nitrogens with one attached hydrogen (secondary N) is 1. The van der Waals surface area contributed by atoms with E-state index in [1.807, 2.05) is 12.1 Å². The molecule has 6 heteroatoms. The summed E-state index contributed by atoms with van der Waals surface area (Å²) in [6.07, 6.45) is 0. The molecule has 2 N–H and O–H groups in total. The molecule has 0 aliphatic rings. The van der Waals surface area contributed by atoms with Crippen LogP contribution in [0.25, 0.3) is 0 Å². The average Bonchev–Trinajstić information content (AvgIpc) is 2.73. The normalized spacial score (nSPS) is 10.2. The smallest absolute Gasteiger partial charge is 0.343 e. The summed E-state index contributed by atoms with van der Waals surface area (Å²) in [6, 6.07) is 20.5. The number of aromatic carboxylic acids is 1. The number of carbonyl (C=O) groups is 2. The van der Waals surface area contributed by atoms with Crippen molar-refractivity contribution < 1.29 is 24.2 Å². The van der Waals surface area contributed by atoms with Gasteiger partial charge in [-0.15, -0.1) is 0 Å². The molecular formula is C22H19NO5. The fourth-order valence-electron chi connectivity index (χ4n) is 2.57. The largest absolute Gasteiger partial charge is 0.493 e. The Kier molecular flexibility index (Phi) is 5.91. The number of hydrogen-bond acceptors (Lipinski definition) is 5. The average molecular weight is 377 g/mol. The van der Waals surface area contributed by atoms with Crippen molar-refractivity contribution in [1.82, 2.24) is 0 Å². The summed E-state index contributed by atoms with van der Waals surface area (Å²) in [5, 5.41) is 12.1. The molecule has 6 nitrogen and oxygen atoms in total. The van der Waals surface area contributed by atoms with E-state index in [2.05, 4.69) is 5.32 Å². The van der Waals surface area contributed by atoms with Crippen LogP contribution in [0.3, 0.4) is 0 Å². The number of methoxy groups -OCH3 is 1. The molecule has 0 fully saturated rings. The van der Waals surface area contributed by atoms with E-state index in [0.717, 1.165) is 11.3 Å². The van der Waals surface area contributed by atoms with Crippen molar-refractivity contribution in [3.63, 3.8) is 0 Å². The highest BCUT2D eigenvalue weighted by molar-refractivity contribution is 5.91. The molecular weight excluding hydrogens is 358 g/mol. The molecule has 0 amide bonds. The molecule has 0 heterocycles. The van der Waals surface area contributed by atoms with Gasteiger partial charge in [-0.1, -0.05) is 24.3 Å². The van der Waals surface area contributed by atoms with E-state index < -0.39 is 11.9 Å². The van der Waals surface area contributed by atoms with Crippen molar-refractivity contribution in [2.45, 2.75) is 6.54 Å². The van der Waals surface area contributed by atoms with Gasteiger partial charge in [0, 0.05) is 12.2 Å². The quantitative estimate of drug-likeness (QED) is 0.474. The lowest BCUT2D eigenvalue weighted by atomic mass is 10.1. The standard InChI is InChI=1S/C22H19NO5/c1-27-20-13-15(14-23-18-10-8-16(9-11-18)21(24)25)7-12-19(20)28-22(26)17-5-3-2-4-6-17/h2-13,23H,14H2,1H3,(H,24,25). The fraction of sp³-hybridized carbons (Fsp3) is 0.0909. The fourth-order valence-corrected chi connectivity index (χ4v) is 2.57. The number of carboxylic acids is 1. The van der Waals surface area contributed by atoms with E-state index in [-0.39, 0.29) is 5.56 Å². The molecule has 0 atom stereocenters. The predicted octanol–water partition coefficient (Wildman–Crippen LogP) is 4.22. The van der Waals surface area contributed by atoms with Gasteiger partial charge in [0.15, 0.2) is 11.5 Å². The maximum Gasteiger partial charge on any atom is 0.343 e. The Balaban J connectivity index is 1.67. The van der Waals surface area contributed by atoms with Gasteiger partial charge in [0.2, 0.25) is 0 Å². The third kappa shape index (κ3) is 4.67. The van der Waals surface area contributed by atoms with Crippen LogP contribution in [-0.4, -0.2) is 24.2 Å². The van der Waals surface area contributed by atoms with Gasteiger partial charge in [-0.25, -0.2) is 9.59 Å². The molecule has 142 valence electrons. The van der Waals surface area contributed by atoms with Gasteiger partial charge in [0.05, 0.1) is 18.2 Å². The van der Waals surface area contributed by atoms with Crippen LogP contribution in [0.15, 0.2) is 72.8 Å². The Morgan fingerprint density at radius 3 is 2.25 bits per heavy atom. The van der Waals surface area contributed by atoms with Gasteiger partial charge < -0.3 is 19.9 Å². The number of benzene rings is 3. The highest BCUT2D eigenvalue weighted by Crippen LogP contribution is 2.29. The van der Waals surface area contributed by atoms with Crippen molar-refractivity contribution in [3.8, 4) is 11.5 Å². The molecule has 3 aromatic carbocycles. The Hall–Kier alpha value is -3.80. The molecule has 28 heavy (non-hydrogen) atoms. The van der Waals surface area contributed by atoms with Crippen molar-refractivity contribution in [1.29, 1.82) is 0 Å². The minimum absolute atomic E-state index is 0.233. The van der Waals surface area contributed by atoms with E-state index in [0.29, 0.717) is 23.6 Å². The lowest BCUT2D eigenvalue weighted by molar-refractivity contribution is 0.0694. The van der Waals surface area contributed by atoms with E-state index in [4.69, 9.17) is 14.6 Å².